The van der Waals surface area contributed by atoms with Gasteiger partial charge in [0.25, 0.3) is 5.91 Å². The Morgan fingerprint density at radius 1 is 0.971 bits per heavy atom. The van der Waals surface area contributed by atoms with Gasteiger partial charge < -0.3 is 9.47 Å². The fourth-order valence-electron chi connectivity index (χ4n) is 3.65. The number of pyridine rings is 2. The number of benzene rings is 2. The summed E-state index contributed by atoms with van der Waals surface area (Å²) in [5.41, 5.74) is -1.04. The number of nitrogens with zero attached hydrogens (tertiary/aromatic N) is 3. The minimum atomic E-state index is -4.68. The predicted molar refractivity (Wildman–Crippen MR) is 119 cm³/mol. The number of halogens is 4. The molecule has 2 aromatic carbocycles. The Labute approximate surface area is 200 Å². The van der Waals surface area contributed by atoms with E-state index in [1.54, 1.807) is 36.4 Å². The Morgan fingerprint density at radius 3 is 2.46 bits per heavy atom. The first-order chi connectivity index (χ1) is 16.7. The highest BCUT2D eigenvalue weighted by Gasteiger charge is 2.43. The third kappa shape index (κ3) is 4.35. The van der Waals surface area contributed by atoms with Crippen molar-refractivity contribution in [3.05, 3.63) is 94.6 Å². The number of rotatable bonds is 3. The molecule has 1 atom stereocenters. The third-order valence-corrected chi connectivity index (χ3v) is 5.44. The SMILES string of the molecule is O=C(Oc1ccccc1)OC1c2cc(C(F)(F)F)ccc2C(=O)N1c1ccc2ccc(Cl)nc2n1. The van der Waals surface area contributed by atoms with E-state index in [0.29, 0.717) is 5.39 Å². The average molecular weight is 500 g/mol. The number of ether oxygens (including phenoxy) is 2. The summed E-state index contributed by atoms with van der Waals surface area (Å²) in [7, 11) is 0. The van der Waals surface area contributed by atoms with Crippen LogP contribution in [0.1, 0.15) is 27.7 Å². The van der Waals surface area contributed by atoms with Gasteiger partial charge in [-0.1, -0.05) is 29.8 Å². The molecule has 4 aromatic rings. The lowest BCUT2D eigenvalue weighted by Gasteiger charge is -2.24. The van der Waals surface area contributed by atoms with Crippen molar-refractivity contribution < 1.29 is 32.2 Å². The fraction of sp³-hybridized carbons (Fsp3) is 0.0833. The maximum atomic E-state index is 13.4. The van der Waals surface area contributed by atoms with E-state index in [4.69, 9.17) is 21.1 Å². The first kappa shape index (κ1) is 22.6. The van der Waals surface area contributed by atoms with Crippen molar-refractivity contribution in [3.8, 4) is 5.75 Å². The molecule has 3 heterocycles. The van der Waals surface area contributed by atoms with Gasteiger partial charge >= 0.3 is 12.3 Å². The highest BCUT2D eigenvalue weighted by atomic mass is 35.5. The monoisotopic (exact) mass is 499 g/mol. The van der Waals surface area contributed by atoms with Crippen molar-refractivity contribution in [1.82, 2.24) is 9.97 Å². The van der Waals surface area contributed by atoms with Gasteiger partial charge in [0, 0.05) is 16.5 Å². The molecule has 1 aliphatic heterocycles. The van der Waals surface area contributed by atoms with Crippen LogP contribution in [0.3, 0.4) is 0 Å². The van der Waals surface area contributed by atoms with Crippen LogP contribution in [0, 0.1) is 0 Å². The Bertz CT molecular complexity index is 1460. The zero-order valence-corrected chi connectivity index (χ0v) is 18.2. The molecule has 0 saturated heterocycles. The van der Waals surface area contributed by atoms with E-state index in [1.807, 2.05) is 0 Å². The van der Waals surface area contributed by atoms with E-state index in [1.165, 1.54) is 18.2 Å². The van der Waals surface area contributed by atoms with E-state index >= 15 is 0 Å². The van der Waals surface area contributed by atoms with Crippen LogP contribution in [0.2, 0.25) is 5.15 Å². The summed E-state index contributed by atoms with van der Waals surface area (Å²) in [6.07, 6.45) is -7.46. The fourth-order valence-corrected chi connectivity index (χ4v) is 3.80. The molecule has 0 fully saturated rings. The van der Waals surface area contributed by atoms with Crippen molar-refractivity contribution in [1.29, 1.82) is 0 Å². The Kier molecular flexibility index (Phi) is 5.52. The average Bonchev–Trinajstić information content (AvgIpc) is 3.09. The summed E-state index contributed by atoms with van der Waals surface area (Å²) < 4.78 is 50.7. The molecule has 1 amide bonds. The first-order valence-electron chi connectivity index (χ1n) is 10.1. The molecule has 176 valence electrons. The topological polar surface area (TPSA) is 81.6 Å². The molecule has 0 bridgehead atoms. The number of alkyl halides is 3. The van der Waals surface area contributed by atoms with Gasteiger partial charge in [-0.25, -0.2) is 14.8 Å². The number of carbonyl (C=O) groups excluding carboxylic acids is 2. The minimum absolute atomic E-state index is 0.000429. The lowest BCUT2D eigenvalue weighted by atomic mass is 10.1. The summed E-state index contributed by atoms with van der Waals surface area (Å²) in [4.78, 5) is 35.2. The molecule has 0 aliphatic carbocycles. The molecule has 5 rings (SSSR count). The number of hydrogen-bond acceptors (Lipinski definition) is 6. The normalized spacial score (nSPS) is 15.3. The molecule has 0 N–H and O–H groups in total. The van der Waals surface area contributed by atoms with Crippen molar-refractivity contribution in [2.24, 2.45) is 0 Å². The zero-order valence-electron chi connectivity index (χ0n) is 17.5. The van der Waals surface area contributed by atoms with Crippen molar-refractivity contribution in [2.75, 3.05) is 4.90 Å². The Hall–Kier alpha value is -4.18. The van der Waals surface area contributed by atoms with Crippen LogP contribution in [-0.2, 0) is 10.9 Å². The van der Waals surface area contributed by atoms with Crippen LogP contribution >= 0.6 is 11.6 Å². The highest BCUT2D eigenvalue weighted by molar-refractivity contribution is 6.29. The third-order valence-electron chi connectivity index (χ3n) is 5.23. The number of anilines is 1. The second-order valence-electron chi connectivity index (χ2n) is 7.46. The van der Waals surface area contributed by atoms with Crippen molar-refractivity contribution >= 4 is 40.5 Å². The van der Waals surface area contributed by atoms with Crippen LogP contribution in [0.15, 0.2) is 72.8 Å². The Balaban J connectivity index is 1.57. The number of para-hydroxylation sites is 1. The van der Waals surface area contributed by atoms with Crippen LogP contribution in [0.25, 0.3) is 11.0 Å². The maximum absolute atomic E-state index is 13.4. The minimum Gasteiger partial charge on any atom is -0.405 e. The highest BCUT2D eigenvalue weighted by Crippen LogP contribution is 2.41. The van der Waals surface area contributed by atoms with Gasteiger partial charge in [0.1, 0.15) is 16.7 Å². The summed E-state index contributed by atoms with van der Waals surface area (Å²) in [5, 5.41) is 0.773. The van der Waals surface area contributed by atoms with Gasteiger partial charge in [-0.3, -0.25) is 9.69 Å². The van der Waals surface area contributed by atoms with Crippen LogP contribution in [0.4, 0.5) is 23.8 Å². The molecule has 35 heavy (non-hydrogen) atoms. The molecule has 1 unspecified atom stereocenters. The van der Waals surface area contributed by atoms with E-state index in [9.17, 15) is 22.8 Å². The number of aromatic nitrogens is 2. The van der Waals surface area contributed by atoms with E-state index in [0.717, 1.165) is 23.1 Å². The second-order valence-corrected chi connectivity index (χ2v) is 7.85. The molecular weight excluding hydrogens is 487 g/mol. The van der Waals surface area contributed by atoms with Gasteiger partial charge in [0.15, 0.2) is 5.65 Å². The molecule has 0 radical (unpaired) electrons. The van der Waals surface area contributed by atoms with Gasteiger partial charge in [0.2, 0.25) is 6.23 Å². The predicted octanol–water partition coefficient (Wildman–Crippen LogP) is 6.18. The largest absolute Gasteiger partial charge is 0.516 e. The molecule has 1 aliphatic rings. The molecule has 11 heteroatoms. The van der Waals surface area contributed by atoms with Crippen LogP contribution < -0.4 is 9.64 Å². The van der Waals surface area contributed by atoms with Gasteiger partial charge in [0.05, 0.1) is 5.56 Å². The number of carbonyl (C=O) groups is 2. The van der Waals surface area contributed by atoms with Crippen LogP contribution in [-0.4, -0.2) is 22.0 Å². The number of fused-ring (bicyclic) bond motifs is 2. The lowest BCUT2D eigenvalue weighted by molar-refractivity contribution is -0.137. The van der Waals surface area contributed by atoms with Crippen LogP contribution in [0.5, 0.6) is 5.75 Å². The molecule has 7 nitrogen and oxygen atoms in total. The van der Waals surface area contributed by atoms with E-state index in [-0.39, 0.29) is 33.5 Å². The summed E-state index contributed by atoms with van der Waals surface area (Å²) >= 11 is 5.94. The smallest absolute Gasteiger partial charge is 0.405 e. The summed E-state index contributed by atoms with van der Waals surface area (Å²) in [6.45, 7) is 0. The maximum Gasteiger partial charge on any atom is 0.516 e. The Morgan fingerprint density at radius 2 is 1.71 bits per heavy atom. The molecule has 0 spiro atoms. The molecule has 2 aromatic heterocycles. The first-order valence-corrected chi connectivity index (χ1v) is 10.5. The lowest BCUT2D eigenvalue weighted by Crippen LogP contribution is -2.32. The second kappa shape index (κ2) is 8.55. The van der Waals surface area contributed by atoms with Gasteiger partial charge in [-0.15, -0.1) is 0 Å². The van der Waals surface area contributed by atoms with Gasteiger partial charge in [-0.2, -0.15) is 13.2 Å². The van der Waals surface area contributed by atoms with E-state index < -0.39 is 30.0 Å². The zero-order chi connectivity index (χ0) is 24.7. The quantitative estimate of drug-likeness (QED) is 0.190. The summed E-state index contributed by atoms with van der Waals surface area (Å²) in [5.74, 6) is -0.556. The number of hydrogen-bond donors (Lipinski definition) is 0. The van der Waals surface area contributed by atoms with Crippen molar-refractivity contribution in [3.63, 3.8) is 0 Å². The van der Waals surface area contributed by atoms with Gasteiger partial charge in [-0.05, 0) is 54.6 Å². The standard InChI is InChI=1S/C24H13ClF3N3O4/c25-18-10-6-13-7-11-19(30-20(13)29-18)31-21(32)16-9-8-14(24(26,27)28)12-17(16)22(31)35-23(33)34-15-4-2-1-3-5-15/h1-12,22H. The molecule has 0 saturated carbocycles. The molecular formula is C24H13ClF3N3O4. The summed E-state index contributed by atoms with van der Waals surface area (Å²) in [6, 6.07) is 16.8. The van der Waals surface area contributed by atoms with Crippen molar-refractivity contribution in [2.45, 2.75) is 12.4 Å². The number of amides is 1. The van der Waals surface area contributed by atoms with E-state index in [2.05, 4.69) is 9.97 Å².